The van der Waals surface area contributed by atoms with Gasteiger partial charge in [0, 0.05) is 0 Å². The Hall–Kier alpha value is -0.340. The zero-order chi connectivity index (χ0) is 8.20. The second-order valence-electron chi connectivity index (χ2n) is 3.19. The summed E-state index contributed by atoms with van der Waals surface area (Å²) in [5.41, 5.74) is -0.207. The van der Waals surface area contributed by atoms with Crippen LogP contribution in [-0.2, 0) is 4.74 Å². The topological polar surface area (TPSA) is 29.5 Å². The third-order valence-electron chi connectivity index (χ3n) is 0.948. The van der Waals surface area contributed by atoms with Gasteiger partial charge in [0.05, 0.1) is 18.3 Å². The van der Waals surface area contributed by atoms with E-state index in [-0.39, 0.29) is 18.3 Å². The Morgan fingerprint density at radius 2 is 2.10 bits per heavy atom. The van der Waals surface area contributed by atoms with Gasteiger partial charge in [-0.2, -0.15) is 0 Å². The van der Waals surface area contributed by atoms with Gasteiger partial charge in [0.25, 0.3) is 0 Å². The molecule has 1 unspecified atom stereocenters. The van der Waals surface area contributed by atoms with E-state index in [2.05, 4.69) is 6.58 Å². The maximum Gasteiger partial charge on any atom is 0.0991 e. The third-order valence-corrected chi connectivity index (χ3v) is 0.948. The summed E-state index contributed by atoms with van der Waals surface area (Å²) < 4.78 is 5.37. The molecule has 60 valence electrons. The molecule has 0 heterocycles. The number of rotatable bonds is 3. The summed E-state index contributed by atoms with van der Waals surface area (Å²) in [6, 6.07) is 0. The molecule has 0 aliphatic heterocycles. The summed E-state index contributed by atoms with van der Waals surface area (Å²) in [5, 5.41) is 8.69. The molecule has 0 aromatic carbocycles. The first-order chi connectivity index (χ1) is 4.49. The third kappa shape index (κ3) is 4.53. The number of aliphatic hydroxyl groups excluding tert-OH is 1. The molecule has 2 nitrogen and oxygen atoms in total. The summed E-state index contributed by atoms with van der Waals surface area (Å²) in [6.45, 7) is 9.36. The van der Waals surface area contributed by atoms with E-state index in [9.17, 15) is 0 Å². The van der Waals surface area contributed by atoms with Crippen molar-refractivity contribution in [3.63, 3.8) is 0 Å². The van der Waals surface area contributed by atoms with E-state index in [0.717, 1.165) is 0 Å². The number of hydrogen-bond donors (Lipinski definition) is 1. The molecule has 0 fully saturated rings. The fourth-order valence-corrected chi connectivity index (χ4v) is 0.614. The van der Waals surface area contributed by atoms with Crippen molar-refractivity contribution in [2.75, 3.05) is 6.61 Å². The summed E-state index contributed by atoms with van der Waals surface area (Å²) in [7, 11) is 0. The zero-order valence-corrected chi connectivity index (χ0v) is 6.92. The Bertz CT molecular complexity index is 102. The van der Waals surface area contributed by atoms with E-state index in [1.165, 1.54) is 0 Å². The van der Waals surface area contributed by atoms with E-state index < -0.39 is 0 Å². The van der Waals surface area contributed by atoms with Crippen molar-refractivity contribution in [1.29, 1.82) is 0 Å². The Balaban J connectivity index is 3.74. The van der Waals surface area contributed by atoms with Crippen LogP contribution in [0.15, 0.2) is 12.7 Å². The molecule has 0 saturated carbocycles. The molecule has 0 radical (unpaired) electrons. The minimum absolute atomic E-state index is 0.000764. The van der Waals surface area contributed by atoms with Gasteiger partial charge in [-0.15, -0.1) is 6.58 Å². The van der Waals surface area contributed by atoms with Gasteiger partial charge in [-0.25, -0.2) is 0 Å². The quantitative estimate of drug-likeness (QED) is 0.606. The van der Waals surface area contributed by atoms with Crippen LogP contribution in [0.1, 0.15) is 20.8 Å². The first kappa shape index (κ1) is 9.66. The van der Waals surface area contributed by atoms with Gasteiger partial charge in [-0.05, 0) is 20.8 Å². The van der Waals surface area contributed by atoms with Crippen molar-refractivity contribution in [2.45, 2.75) is 32.5 Å². The highest BCUT2D eigenvalue weighted by Crippen LogP contribution is 2.10. The maximum atomic E-state index is 8.69. The Kier molecular flexibility index (Phi) is 3.61. The minimum Gasteiger partial charge on any atom is -0.393 e. The summed E-state index contributed by atoms with van der Waals surface area (Å²) >= 11 is 0. The molecular weight excluding hydrogens is 128 g/mol. The number of hydrogen-bond acceptors (Lipinski definition) is 2. The average Bonchev–Trinajstić information content (AvgIpc) is 1.81. The lowest BCUT2D eigenvalue weighted by Crippen LogP contribution is -2.28. The van der Waals surface area contributed by atoms with Crippen LogP contribution in [0, 0.1) is 0 Å². The molecule has 0 amide bonds. The molecule has 0 aromatic heterocycles. The van der Waals surface area contributed by atoms with Crippen molar-refractivity contribution >= 4 is 0 Å². The highest BCUT2D eigenvalue weighted by Gasteiger charge is 2.14. The summed E-state index contributed by atoms with van der Waals surface area (Å²) in [6.07, 6.45) is 1.37. The molecule has 0 saturated heterocycles. The Labute approximate surface area is 62.5 Å². The molecule has 1 atom stereocenters. The van der Waals surface area contributed by atoms with Gasteiger partial charge in [0.1, 0.15) is 0 Å². The van der Waals surface area contributed by atoms with E-state index in [0.29, 0.717) is 0 Å². The zero-order valence-electron chi connectivity index (χ0n) is 6.92. The van der Waals surface area contributed by atoms with Crippen LogP contribution in [-0.4, -0.2) is 23.4 Å². The lowest BCUT2D eigenvalue weighted by atomic mass is 10.2. The minimum atomic E-state index is -0.236. The van der Waals surface area contributed by atoms with Crippen molar-refractivity contribution in [1.82, 2.24) is 0 Å². The van der Waals surface area contributed by atoms with Gasteiger partial charge in [0.15, 0.2) is 0 Å². The molecule has 10 heavy (non-hydrogen) atoms. The largest absolute Gasteiger partial charge is 0.393 e. The average molecular weight is 144 g/mol. The van der Waals surface area contributed by atoms with Crippen LogP contribution in [0.5, 0.6) is 0 Å². The van der Waals surface area contributed by atoms with Crippen LogP contribution >= 0.6 is 0 Å². The normalized spacial score (nSPS) is 14.8. The lowest BCUT2D eigenvalue weighted by Gasteiger charge is -2.23. The van der Waals surface area contributed by atoms with Gasteiger partial charge >= 0.3 is 0 Å². The molecule has 0 aliphatic rings. The van der Waals surface area contributed by atoms with Crippen molar-refractivity contribution in [3.05, 3.63) is 12.7 Å². The first-order valence-corrected chi connectivity index (χ1v) is 3.41. The Morgan fingerprint density at radius 3 is 2.20 bits per heavy atom. The van der Waals surface area contributed by atoms with Gasteiger partial charge in [-0.1, -0.05) is 6.08 Å². The van der Waals surface area contributed by atoms with E-state index in [4.69, 9.17) is 9.84 Å². The van der Waals surface area contributed by atoms with E-state index in [1.54, 1.807) is 6.08 Å². The van der Waals surface area contributed by atoms with Gasteiger partial charge in [0.2, 0.25) is 0 Å². The van der Waals surface area contributed by atoms with Crippen molar-refractivity contribution in [2.24, 2.45) is 0 Å². The van der Waals surface area contributed by atoms with Crippen LogP contribution in [0.4, 0.5) is 0 Å². The van der Waals surface area contributed by atoms with Crippen LogP contribution in [0.2, 0.25) is 0 Å². The second-order valence-corrected chi connectivity index (χ2v) is 3.19. The van der Waals surface area contributed by atoms with Gasteiger partial charge in [-0.3, -0.25) is 0 Å². The summed E-state index contributed by atoms with van der Waals surface area (Å²) in [4.78, 5) is 0. The van der Waals surface area contributed by atoms with E-state index in [1.807, 2.05) is 20.8 Å². The maximum absolute atomic E-state index is 8.69. The monoisotopic (exact) mass is 144 g/mol. The van der Waals surface area contributed by atoms with Gasteiger partial charge < -0.3 is 9.84 Å². The van der Waals surface area contributed by atoms with E-state index >= 15 is 0 Å². The molecule has 0 rings (SSSR count). The number of ether oxygens (including phenoxy) is 1. The molecular formula is C8H16O2. The van der Waals surface area contributed by atoms with Crippen LogP contribution < -0.4 is 0 Å². The van der Waals surface area contributed by atoms with Crippen LogP contribution in [0.3, 0.4) is 0 Å². The SMILES string of the molecule is C=CC(CO)OC(C)(C)C. The smallest absolute Gasteiger partial charge is 0.0991 e. The second kappa shape index (κ2) is 3.74. The molecule has 0 aromatic rings. The van der Waals surface area contributed by atoms with Crippen molar-refractivity contribution in [3.8, 4) is 0 Å². The lowest BCUT2D eigenvalue weighted by molar-refractivity contribution is -0.0575. The fraction of sp³-hybridized carbons (Fsp3) is 0.750. The standard InChI is InChI=1S/C8H16O2/c1-5-7(6-9)10-8(2,3)4/h5,7,9H,1,6H2,2-4H3. The molecule has 0 bridgehead atoms. The Morgan fingerprint density at radius 1 is 1.60 bits per heavy atom. The molecule has 0 spiro atoms. The predicted molar refractivity (Wildman–Crippen MR) is 41.9 cm³/mol. The van der Waals surface area contributed by atoms with Crippen LogP contribution in [0.25, 0.3) is 0 Å². The highest BCUT2D eigenvalue weighted by molar-refractivity contribution is 4.81. The highest BCUT2D eigenvalue weighted by atomic mass is 16.5. The number of aliphatic hydroxyl groups is 1. The molecule has 2 heteroatoms. The molecule has 1 N–H and O–H groups in total. The predicted octanol–water partition coefficient (Wildman–Crippen LogP) is 1.35. The fourth-order valence-electron chi connectivity index (χ4n) is 0.614. The molecule has 0 aliphatic carbocycles. The summed E-state index contributed by atoms with van der Waals surface area (Å²) in [5.74, 6) is 0. The van der Waals surface area contributed by atoms with Crippen molar-refractivity contribution < 1.29 is 9.84 Å². The first-order valence-electron chi connectivity index (χ1n) is 3.41.